The number of aryl methyl sites for hydroxylation is 1. The van der Waals surface area contributed by atoms with Gasteiger partial charge >= 0.3 is 0 Å². The number of rotatable bonds is 3. The summed E-state index contributed by atoms with van der Waals surface area (Å²) in [5.41, 5.74) is 3.84. The van der Waals surface area contributed by atoms with Gasteiger partial charge < -0.3 is 4.57 Å². The zero-order chi connectivity index (χ0) is 11.0. The van der Waals surface area contributed by atoms with E-state index in [0.29, 0.717) is 0 Å². The van der Waals surface area contributed by atoms with Gasteiger partial charge in [-0.05, 0) is 37.0 Å². The van der Waals surface area contributed by atoms with E-state index in [2.05, 4.69) is 46.9 Å². The molecule has 1 saturated carbocycles. The molecule has 1 aromatic carbocycles. The van der Waals surface area contributed by atoms with Crippen LogP contribution in [-0.4, -0.2) is 9.55 Å². The summed E-state index contributed by atoms with van der Waals surface area (Å²) in [7, 11) is 0. The van der Waals surface area contributed by atoms with Crippen molar-refractivity contribution in [1.29, 1.82) is 0 Å². The maximum atomic E-state index is 4.46. The molecule has 0 aliphatic heterocycles. The van der Waals surface area contributed by atoms with E-state index < -0.39 is 0 Å². The minimum Gasteiger partial charge on any atom is -0.306 e. The molecule has 0 saturated heterocycles. The number of hydrogen-bond donors (Lipinski definition) is 0. The lowest BCUT2D eigenvalue weighted by Gasteiger charge is -2.02. The zero-order valence-corrected chi connectivity index (χ0v) is 9.56. The molecule has 1 aliphatic rings. The normalized spacial score (nSPS) is 15.3. The summed E-state index contributed by atoms with van der Waals surface area (Å²) in [6.07, 6.45) is 7.81. The van der Waals surface area contributed by atoms with Crippen molar-refractivity contribution >= 4 is 0 Å². The number of benzene rings is 1. The lowest BCUT2D eigenvalue weighted by atomic mass is 10.1. The molecule has 3 rings (SSSR count). The van der Waals surface area contributed by atoms with Crippen molar-refractivity contribution in [3.05, 3.63) is 48.0 Å². The number of imidazole rings is 1. The summed E-state index contributed by atoms with van der Waals surface area (Å²) in [6.45, 7) is 2.18. The molecule has 0 spiro atoms. The van der Waals surface area contributed by atoms with Gasteiger partial charge in [0.15, 0.2) is 0 Å². The second kappa shape index (κ2) is 3.78. The van der Waals surface area contributed by atoms with Gasteiger partial charge in [-0.15, -0.1) is 0 Å². The molecule has 0 amide bonds. The molecule has 2 aromatic rings. The molecule has 1 aliphatic carbocycles. The SMILES string of the molecule is CCc1ccc(-n2cnc(C3CC3)c2)cc1. The lowest BCUT2D eigenvalue weighted by molar-refractivity contribution is 1.04. The Hall–Kier alpha value is -1.57. The number of nitrogens with zero attached hydrogens (tertiary/aromatic N) is 2. The number of hydrogen-bond acceptors (Lipinski definition) is 1. The summed E-state index contributed by atoms with van der Waals surface area (Å²) in [6, 6.07) is 8.70. The van der Waals surface area contributed by atoms with Gasteiger partial charge in [0.25, 0.3) is 0 Å². The van der Waals surface area contributed by atoms with Gasteiger partial charge in [0.05, 0.1) is 12.0 Å². The Morgan fingerprint density at radius 2 is 2.00 bits per heavy atom. The Morgan fingerprint density at radius 1 is 1.25 bits per heavy atom. The van der Waals surface area contributed by atoms with Crippen molar-refractivity contribution in [3.8, 4) is 5.69 Å². The van der Waals surface area contributed by atoms with Crippen molar-refractivity contribution < 1.29 is 0 Å². The standard InChI is InChI=1S/C14H16N2/c1-2-11-3-7-13(8-4-11)16-9-14(15-10-16)12-5-6-12/h3-4,7-10,12H,2,5-6H2,1H3. The van der Waals surface area contributed by atoms with Gasteiger partial charge in [0.2, 0.25) is 0 Å². The van der Waals surface area contributed by atoms with E-state index >= 15 is 0 Å². The van der Waals surface area contributed by atoms with Crippen LogP contribution in [-0.2, 0) is 6.42 Å². The molecule has 2 heteroatoms. The first-order chi connectivity index (χ1) is 7.86. The second-order valence-electron chi connectivity index (χ2n) is 4.50. The van der Waals surface area contributed by atoms with Crippen LogP contribution in [0.25, 0.3) is 5.69 Å². The molecular weight excluding hydrogens is 196 g/mol. The van der Waals surface area contributed by atoms with Crippen molar-refractivity contribution in [2.45, 2.75) is 32.1 Å². The van der Waals surface area contributed by atoms with Crippen LogP contribution >= 0.6 is 0 Å². The van der Waals surface area contributed by atoms with E-state index in [1.807, 2.05) is 6.33 Å². The quantitative estimate of drug-likeness (QED) is 0.763. The largest absolute Gasteiger partial charge is 0.306 e. The van der Waals surface area contributed by atoms with Gasteiger partial charge in [-0.1, -0.05) is 19.1 Å². The summed E-state index contributed by atoms with van der Waals surface area (Å²) < 4.78 is 2.12. The fourth-order valence-electron chi connectivity index (χ4n) is 1.97. The first kappa shape index (κ1) is 9.64. The van der Waals surface area contributed by atoms with Crippen LogP contribution in [0.5, 0.6) is 0 Å². The highest BCUT2D eigenvalue weighted by Crippen LogP contribution is 2.39. The Labute approximate surface area is 95.9 Å². The van der Waals surface area contributed by atoms with Crippen LogP contribution in [0, 0.1) is 0 Å². The molecule has 2 nitrogen and oxygen atoms in total. The molecule has 1 aromatic heterocycles. The number of aromatic nitrogens is 2. The smallest absolute Gasteiger partial charge is 0.0995 e. The topological polar surface area (TPSA) is 17.8 Å². The predicted octanol–water partition coefficient (Wildman–Crippen LogP) is 3.31. The van der Waals surface area contributed by atoms with Crippen molar-refractivity contribution in [2.75, 3.05) is 0 Å². The fraction of sp³-hybridized carbons (Fsp3) is 0.357. The molecule has 0 N–H and O–H groups in total. The van der Waals surface area contributed by atoms with Gasteiger partial charge in [0, 0.05) is 17.8 Å². The Kier molecular flexibility index (Phi) is 2.28. The maximum Gasteiger partial charge on any atom is 0.0995 e. The Balaban J connectivity index is 1.88. The molecule has 82 valence electrons. The fourth-order valence-corrected chi connectivity index (χ4v) is 1.97. The van der Waals surface area contributed by atoms with Gasteiger partial charge in [-0.25, -0.2) is 4.98 Å². The van der Waals surface area contributed by atoms with Crippen molar-refractivity contribution in [3.63, 3.8) is 0 Å². The van der Waals surface area contributed by atoms with Crippen LogP contribution < -0.4 is 0 Å². The van der Waals surface area contributed by atoms with Gasteiger partial charge in [-0.2, -0.15) is 0 Å². The molecule has 0 radical (unpaired) electrons. The van der Waals surface area contributed by atoms with Gasteiger partial charge in [-0.3, -0.25) is 0 Å². The summed E-state index contributed by atoms with van der Waals surface area (Å²) in [5.74, 6) is 0.733. The van der Waals surface area contributed by atoms with E-state index in [4.69, 9.17) is 0 Å². The third kappa shape index (κ3) is 1.75. The predicted molar refractivity (Wildman–Crippen MR) is 64.9 cm³/mol. The molecule has 1 fully saturated rings. The average molecular weight is 212 g/mol. The highest BCUT2D eigenvalue weighted by Gasteiger charge is 2.25. The first-order valence-corrected chi connectivity index (χ1v) is 6.00. The highest BCUT2D eigenvalue weighted by atomic mass is 15.0. The van der Waals surface area contributed by atoms with E-state index in [-0.39, 0.29) is 0 Å². The van der Waals surface area contributed by atoms with E-state index in [1.165, 1.54) is 29.8 Å². The van der Waals surface area contributed by atoms with Crippen LogP contribution in [0.4, 0.5) is 0 Å². The molecule has 0 atom stereocenters. The van der Waals surface area contributed by atoms with E-state index in [9.17, 15) is 0 Å². The minimum absolute atomic E-state index is 0.733. The van der Waals surface area contributed by atoms with Crippen molar-refractivity contribution in [1.82, 2.24) is 9.55 Å². The monoisotopic (exact) mass is 212 g/mol. The van der Waals surface area contributed by atoms with Crippen LogP contribution in [0.3, 0.4) is 0 Å². The lowest BCUT2D eigenvalue weighted by Crippen LogP contribution is -1.90. The van der Waals surface area contributed by atoms with E-state index in [0.717, 1.165) is 12.3 Å². The van der Waals surface area contributed by atoms with Gasteiger partial charge in [0.1, 0.15) is 0 Å². The molecule has 0 bridgehead atoms. The molecule has 1 heterocycles. The third-order valence-corrected chi connectivity index (χ3v) is 3.24. The van der Waals surface area contributed by atoms with Crippen LogP contribution in [0.15, 0.2) is 36.8 Å². The zero-order valence-electron chi connectivity index (χ0n) is 9.56. The first-order valence-electron chi connectivity index (χ1n) is 6.00. The molecular formula is C14H16N2. The third-order valence-electron chi connectivity index (χ3n) is 3.24. The Morgan fingerprint density at radius 3 is 2.62 bits per heavy atom. The Bertz CT molecular complexity index is 478. The summed E-state index contributed by atoms with van der Waals surface area (Å²) in [5, 5.41) is 0. The summed E-state index contributed by atoms with van der Waals surface area (Å²) >= 11 is 0. The average Bonchev–Trinajstić information content (AvgIpc) is 3.08. The molecule has 16 heavy (non-hydrogen) atoms. The highest BCUT2D eigenvalue weighted by molar-refractivity contribution is 5.35. The van der Waals surface area contributed by atoms with Crippen molar-refractivity contribution in [2.24, 2.45) is 0 Å². The van der Waals surface area contributed by atoms with Crippen LogP contribution in [0.1, 0.15) is 36.9 Å². The second-order valence-corrected chi connectivity index (χ2v) is 4.50. The minimum atomic E-state index is 0.733. The van der Waals surface area contributed by atoms with E-state index in [1.54, 1.807) is 0 Å². The van der Waals surface area contributed by atoms with Crippen LogP contribution in [0.2, 0.25) is 0 Å². The molecule has 0 unspecified atom stereocenters. The maximum absolute atomic E-state index is 4.46. The summed E-state index contributed by atoms with van der Waals surface area (Å²) in [4.78, 5) is 4.46.